The first kappa shape index (κ1) is 12.9. The van der Waals surface area contributed by atoms with Crippen LogP contribution in [0.5, 0.6) is 0 Å². The van der Waals surface area contributed by atoms with Crippen molar-refractivity contribution in [3.63, 3.8) is 0 Å². The van der Waals surface area contributed by atoms with Gasteiger partial charge in [0.2, 0.25) is 11.8 Å². The Hall–Kier alpha value is -1.14. The molecule has 3 N–H and O–H groups in total. The Bertz CT molecular complexity index is 184. The van der Waals surface area contributed by atoms with Crippen LogP contribution in [0.3, 0.4) is 0 Å². The number of rotatable bonds is 8. The van der Waals surface area contributed by atoms with Gasteiger partial charge in [-0.25, -0.2) is 5.48 Å². The zero-order chi connectivity index (χ0) is 10.8. The van der Waals surface area contributed by atoms with Gasteiger partial charge < -0.3 is 10.5 Å². The number of nitrogens with one attached hydrogen (secondary N) is 1. The van der Waals surface area contributed by atoms with Crippen LogP contribution in [0.15, 0.2) is 0 Å². The molecule has 0 saturated carbocycles. The number of carbonyl (C=O) groups is 2. The predicted octanol–water partition coefficient (Wildman–Crippen LogP) is -0.664. The smallest absolute Gasteiger partial charge is 0.246 e. The van der Waals surface area contributed by atoms with Crippen LogP contribution >= 0.6 is 0 Å². The van der Waals surface area contributed by atoms with Crippen molar-refractivity contribution in [1.82, 2.24) is 5.48 Å². The van der Waals surface area contributed by atoms with Gasteiger partial charge in [-0.05, 0) is 6.42 Å². The van der Waals surface area contributed by atoms with Crippen molar-refractivity contribution in [1.29, 1.82) is 0 Å². The Morgan fingerprint density at radius 1 is 1.36 bits per heavy atom. The number of carbonyl (C=O) groups excluding carboxylic acids is 2. The monoisotopic (exact) mass is 204 g/mol. The molecule has 0 fully saturated rings. The Labute approximate surface area is 82.7 Å². The molecule has 14 heavy (non-hydrogen) atoms. The fourth-order valence-electron chi connectivity index (χ4n) is 0.650. The molecule has 0 aliphatic rings. The number of amides is 2. The maximum Gasteiger partial charge on any atom is 0.246 e. The van der Waals surface area contributed by atoms with Crippen molar-refractivity contribution in [3.05, 3.63) is 0 Å². The summed E-state index contributed by atoms with van der Waals surface area (Å²) in [6, 6.07) is 0. The molecule has 0 aliphatic heterocycles. The highest BCUT2D eigenvalue weighted by atomic mass is 16.7. The van der Waals surface area contributed by atoms with E-state index in [1.54, 1.807) is 0 Å². The molecule has 0 aromatic heterocycles. The fourth-order valence-corrected chi connectivity index (χ4v) is 0.650. The van der Waals surface area contributed by atoms with E-state index < -0.39 is 5.91 Å². The molecule has 0 saturated heterocycles. The number of primary amides is 1. The molecule has 0 rings (SSSR count). The summed E-state index contributed by atoms with van der Waals surface area (Å²) < 4.78 is 5.07. The van der Waals surface area contributed by atoms with E-state index in [1.807, 2.05) is 6.92 Å². The van der Waals surface area contributed by atoms with Gasteiger partial charge >= 0.3 is 0 Å². The highest BCUT2D eigenvalue weighted by Crippen LogP contribution is 1.85. The van der Waals surface area contributed by atoms with E-state index in [0.29, 0.717) is 13.2 Å². The molecule has 6 heteroatoms. The Morgan fingerprint density at radius 2 is 2.07 bits per heavy atom. The third-order valence-corrected chi connectivity index (χ3v) is 1.22. The predicted molar refractivity (Wildman–Crippen MR) is 49.0 cm³/mol. The Morgan fingerprint density at radius 3 is 2.64 bits per heavy atom. The van der Waals surface area contributed by atoms with Crippen LogP contribution in [0.2, 0.25) is 0 Å². The first-order valence-corrected chi connectivity index (χ1v) is 4.43. The molecule has 0 bridgehead atoms. The molecular formula is C8H16N2O4. The average molecular weight is 204 g/mol. The lowest BCUT2D eigenvalue weighted by atomic mass is 10.4. The van der Waals surface area contributed by atoms with Crippen molar-refractivity contribution in [2.45, 2.75) is 19.8 Å². The first-order valence-electron chi connectivity index (χ1n) is 4.43. The number of nitrogens with two attached hydrogens (primary N) is 1. The second kappa shape index (κ2) is 8.46. The zero-order valence-corrected chi connectivity index (χ0v) is 8.25. The molecule has 0 spiro atoms. The molecule has 0 aliphatic carbocycles. The quantitative estimate of drug-likeness (QED) is 0.405. The van der Waals surface area contributed by atoms with Crippen LogP contribution in [-0.2, 0) is 19.2 Å². The maximum atomic E-state index is 10.9. The summed E-state index contributed by atoms with van der Waals surface area (Å²) >= 11 is 0. The molecule has 0 heterocycles. The SMILES string of the molecule is CCCOCCC(=O)NOCC(N)=O. The molecule has 0 unspecified atom stereocenters. The highest BCUT2D eigenvalue weighted by molar-refractivity contribution is 5.76. The van der Waals surface area contributed by atoms with Gasteiger partial charge in [-0.3, -0.25) is 14.4 Å². The van der Waals surface area contributed by atoms with E-state index in [0.717, 1.165) is 6.42 Å². The highest BCUT2D eigenvalue weighted by Gasteiger charge is 2.01. The largest absolute Gasteiger partial charge is 0.381 e. The zero-order valence-electron chi connectivity index (χ0n) is 8.25. The topological polar surface area (TPSA) is 90.7 Å². The van der Waals surface area contributed by atoms with Crippen LogP contribution in [0.25, 0.3) is 0 Å². The van der Waals surface area contributed by atoms with Gasteiger partial charge in [0.1, 0.15) is 0 Å². The third-order valence-electron chi connectivity index (χ3n) is 1.22. The summed E-state index contributed by atoms with van der Waals surface area (Å²) in [5.41, 5.74) is 6.85. The van der Waals surface area contributed by atoms with Gasteiger partial charge in [-0.15, -0.1) is 0 Å². The molecule has 6 nitrogen and oxygen atoms in total. The van der Waals surface area contributed by atoms with Crippen LogP contribution < -0.4 is 11.2 Å². The lowest BCUT2D eigenvalue weighted by Gasteiger charge is -2.04. The van der Waals surface area contributed by atoms with Gasteiger partial charge in [0.25, 0.3) is 0 Å². The van der Waals surface area contributed by atoms with Gasteiger partial charge in [-0.1, -0.05) is 6.92 Å². The minimum Gasteiger partial charge on any atom is -0.381 e. The normalized spacial score (nSPS) is 9.79. The van der Waals surface area contributed by atoms with E-state index >= 15 is 0 Å². The lowest BCUT2D eigenvalue weighted by Crippen LogP contribution is -2.29. The van der Waals surface area contributed by atoms with Crippen LogP contribution in [-0.4, -0.2) is 31.6 Å². The van der Waals surface area contributed by atoms with E-state index in [9.17, 15) is 9.59 Å². The van der Waals surface area contributed by atoms with Crippen molar-refractivity contribution in [2.75, 3.05) is 19.8 Å². The number of hydrogen-bond donors (Lipinski definition) is 2. The Kier molecular flexibility index (Phi) is 7.77. The van der Waals surface area contributed by atoms with E-state index in [1.165, 1.54) is 0 Å². The van der Waals surface area contributed by atoms with E-state index in [4.69, 9.17) is 10.5 Å². The number of ether oxygens (including phenoxy) is 1. The summed E-state index contributed by atoms with van der Waals surface area (Å²) in [5, 5.41) is 0. The van der Waals surface area contributed by atoms with Gasteiger partial charge in [0.15, 0.2) is 6.61 Å². The van der Waals surface area contributed by atoms with Crippen molar-refractivity contribution < 1.29 is 19.2 Å². The van der Waals surface area contributed by atoms with Gasteiger partial charge in [0, 0.05) is 6.61 Å². The average Bonchev–Trinajstić information content (AvgIpc) is 2.12. The lowest BCUT2D eigenvalue weighted by molar-refractivity contribution is -0.138. The number of hydrogen-bond acceptors (Lipinski definition) is 4. The first-order chi connectivity index (χ1) is 6.66. The Balaban J connectivity index is 3.24. The van der Waals surface area contributed by atoms with Gasteiger partial charge in [0.05, 0.1) is 13.0 Å². The summed E-state index contributed by atoms with van der Waals surface area (Å²) in [7, 11) is 0. The van der Waals surface area contributed by atoms with Crippen LogP contribution in [0, 0.1) is 0 Å². The van der Waals surface area contributed by atoms with Crippen molar-refractivity contribution in [2.24, 2.45) is 5.73 Å². The molecule has 0 radical (unpaired) electrons. The number of hydroxylamine groups is 1. The summed E-state index contributed by atoms with van der Waals surface area (Å²) in [5.74, 6) is -0.963. The molecule has 82 valence electrons. The molecule has 0 aromatic carbocycles. The second-order valence-corrected chi connectivity index (χ2v) is 2.64. The van der Waals surface area contributed by atoms with Crippen molar-refractivity contribution >= 4 is 11.8 Å². The minimum absolute atomic E-state index is 0.207. The summed E-state index contributed by atoms with van der Waals surface area (Å²) in [6.07, 6.45) is 1.12. The molecule has 2 amide bonds. The van der Waals surface area contributed by atoms with Crippen LogP contribution in [0.1, 0.15) is 19.8 Å². The maximum absolute atomic E-state index is 10.9. The molecule has 0 atom stereocenters. The standard InChI is InChI=1S/C8H16N2O4/c1-2-4-13-5-3-8(12)10-14-6-7(9)11/h2-6H2,1H3,(H2,9,11)(H,10,12). The van der Waals surface area contributed by atoms with Gasteiger partial charge in [-0.2, -0.15) is 0 Å². The van der Waals surface area contributed by atoms with E-state index in [-0.39, 0.29) is 18.9 Å². The molecular weight excluding hydrogens is 188 g/mol. The minimum atomic E-state index is -0.632. The van der Waals surface area contributed by atoms with Crippen LogP contribution in [0.4, 0.5) is 0 Å². The third kappa shape index (κ3) is 8.95. The second-order valence-electron chi connectivity index (χ2n) is 2.64. The van der Waals surface area contributed by atoms with E-state index in [2.05, 4.69) is 10.3 Å². The summed E-state index contributed by atoms with van der Waals surface area (Å²) in [6.45, 7) is 2.65. The fraction of sp³-hybridized carbons (Fsp3) is 0.750. The summed E-state index contributed by atoms with van der Waals surface area (Å²) in [4.78, 5) is 25.6. The van der Waals surface area contributed by atoms with Crippen molar-refractivity contribution in [3.8, 4) is 0 Å². The molecule has 0 aromatic rings.